The monoisotopic (exact) mass is 172 g/mol. The van der Waals surface area contributed by atoms with Gasteiger partial charge in [-0.2, -0.15) is 0 Å². The Labute approximate surface area is 74.6 Å². The summed E-state index contributed by atoms with van der Waals surface area (Å²) in [6.07, 6.45) is 4.31. The number of rotatable bonds is 2. The van der Waals surface area contributed by atoms with Gasteiger partial charge in [0.1, 0.15) is 0 Å². The Morgan fingerprint density at radius 1 is 1.08 bits per heavy atom. The lowest BCUT2D eigenvalue weighted by atomic mass is 9.77. The molecule has 0 aromatic rings. The summed E-state index contributed by atoms with van der Waals surface area (Å²) in [5.41, 5.74) is -0.785. The molecule has 2 N–H and O–H groups in total. The van der Waals surface area contributed by atoms with Gasteiger partial charge in [0.2, 0.25) is 0 Å². The van der Waals surface area contributed by atoms with Crippen molar-refractivity contribution in [3.8, 4) is 0 Å². The van der Waals surface area contributed by atoms with E-state index in [-0.39, 0.29) is 5.92 Å². The third-order valence-electron chi connectivity index (χ3n) is 2.90. The molecule has 1 saturated carbocycles. The number of aliphatic hydroxyl groups is 2. The van der Waals surface area contributed by atoms with Crippen molar-refractivity contribution in [3.05, 3.63) is 0 Å². The second-order valence-corrected chi connectivity index (χ2v) is 4.35. The summed E-state index contributed by atoms with van der Waals surface area (Å²) in [6, 6.07) is 0. The van der Waals surface area contributed by atoms with Gasteiger partial charge in [0.05, 0.1) is 11.7 Å². The molecular weight excluding hydrogens is 152 g/mol. The quantitative estimate of drug-likeness (QED) is 0.665. The van der Waals surface area contributed by atoms with E-state index >= 15 is 0 Å². The van der Waals surface area contributed by atoms with E-state index in [1.54, 1.807) is 0 Å². The molecule has 0 bridgehead atoms. The first-order valence-electron chi connectivity index (χ1n) is 4.97. The Kier molecular flexibility index (Phi) is 3.13. The molecule has 1 rings (SSSR count). The molecule has 0 aliphatic heterocycles. The number of hydrogen-bond acceptors (Lipinski definition) is 2. The Bertz CT molecular complexity index is 137. The Hall–Kier alpha value is -0.0800. The van der Waals surface area contributed by atoms with Gasteiger partial charge >= 0.3 is 0 Å². The van der Waals surface area contributed by atoms with Gasteiger partial charge in [-0.25, -0.2) is 0 Å². The smallest absolute Gasteiger partial charge is 0.0908 e. The summed E-state index contributed by atoms with van der Waals surface area (Å²) < 4.78 is 0. The van der Waals surface area contributed by atoms with Gasteiger partial charge in [-0.1, -0.05) is 33.1 Å². The molecule has 0 aromatic carbocycles. The maximum Gasteiger partial charge on any atom is 0.0908 e. The SMILES string of the molecule is CC(C)C(O)C1(O)CCCCC1. The highest BCUT2D eigenvalue weighted by atomic mass is 16.3. The maximum atomic E-state index is 10.1. The highest BCUT2D eigenvalue weighted by Gasteiger charge is 2.37. The van der Waals surface area contributed by atoms with E-state index in [0.717, 1.165) is 25.7 Å². The van der Waals surface area contributed by atoms with Crippen molar-refractivity contribution in [1.82, 2.24) is 0 Å². The van der Waals surface area contributed by atoms with Crippen LogP contribution in [0.25, 0.3) is 0 Å². The number of hydrogen-bond donors (Lipinski definition) is 2. The van der Waals surface area contributed by atoms with E-state index in [1.165, 1.54) is 6.42 Å². The Balaban J connectivity index is 2.56. The summed E-state index contributed by atoms with van der Waals surface area (Å²) in [6.45, 7) is 3.91. The van der Waals surface area contributed by atoms with Crippen molar-refractivity contribution < 1.29 is 10.2 Å². The van der Waals surface area contributed by atoms with E-state index in [9.17, 15) is 10.2 Å². The zero-order valence-corrected chi connectivity index (χ0v) is 8.08. The van der Waals surface area contributed by atoms with Gasteiger partial charge in [0.25, 0.3) is 0 Å². The summed E-state index contributed by atoms with van der Waals surface area (Å²) >= 11 is 0. The fourth-order valence-electron chi connectivity index (χ4n) is 2.08. The number of aliphatic hydroxyl groups excluding tert-OH is 1. The van der Waals surface area contributed by atoms with Crippen LogP contribution in [0, 0.1) is 5.92 Å². The van der Waals surface area contributed by atoms with E-state index in [1.807, 2.05) is 13.8 Å². The topological polar surface area (TPSA) is 40.5 Å². The van der Waals surface area contributed by atoms with Crippen LogP contribution >= 0.6 is 0 Å². The van der Waals surface area contributed by atoms with Crippen molar-refractivity contribution in [2.75, 3.05) is 0 Å². The summed E-state index contributed by atoms with van der Waals surface area (Å²) in [5, 5.41) is 19.8. The zero-order valence-electron chi connectivity index (χ0n) is 8.08. The molecule has 1 aliphatic rings. The second-order valence-electron chi connectivity index (χ2n) is 4.35. The van der Waals surface area contributed by atoms with E-state index < -0.39 is 11.7 Å². The zero-order chi connectivity index (χ0) is 9.19. The molecule has 1 unspecified atom stereocenters. The standard InChI is InChI=1S/C10H20O2/c1-8(2)9(11)10(12)6-4-3-5-7-10/h8-9,11-12H,3-7H2,1-2H3. The second kappa shape index (κ2) is 3.75. The summed E-state index contributed by atoms with van der Waals surface area (Å²) in [4.78, 5) is 0. The first-order valence-corrected chi connectivity index (χ1v) is 4.97. The third-order valence-corrected chi connectivity index (χ3v) is 2.90. The Morgan fingerprint density at radius 3 is 2.00 bits per heavy atom. The minimum atomic E-state index is -0.785. The molecule has 2 nitrogen and oxygen atoms in total. The van der Waals surface area contributed by atoms with Crippen molar-refractivity contribution in [2.45, 2.75) is 57.7 Å². The first kappa shape index (κ1) is 10.0. The molecule has 0 aromatic heterocycles. The summed E-state index contributed by atoms with van der Waals surface area (Å²) in [5.74, 6) is 0.160. The van der Waals surface area contributed by atoms with Gasteiger partial charge in [0, 0.05) is 0 Å². The molecular formula is C10H20O2. The van der Waals surface area contributed by atoms with Crippen molar-refractivity contribution >= 4 is 0 Å². The summed E-state index contributed by atoms with van der Waals surface area (Å²) in [7, 11) is 0. The van der Waals surface area contributed by atoms with E-state index in [4.69, 9.17) is 0 Å². The van der Waals surface area contributed by atoms with Crippen LogP contribution in [-0.4, -0.2) is 21.9 Å². The molecule has 0 radical (unpaired) electrons. The van der Waals surface area contributed by atoms with Crippen molar-refractivity contribution in [2.24, 2.45) is 5.92 Å². The predicted octanol–water partition coefficient (Wildman–Crippen LogP) is 1.70. The van der Waals surface area contributed by atoms with Gasteiger partial charge in [-0.05, 0) is 18.8 Å². The van der Waals surface area contributed by atoms with Gasteiger partial charge in [-0.15, -0.1) is 0 Å². The minimum Gasteiger partial charge on any atom is -0.390 e. The van der Waals surface area contributed by atoms with Crippen molar-refractivity contribution in [1.29, 1.82) is 0 Å². The van der Waals surface area contributed by atoms with Crippen LogP contribution in [0.3, 0.4) is 0 Å². The highest BCUT2D eigenvalue weighted by Crippen LogP contribution is 2.33. The predicted molar refractivity (Wildman–Crippen MR) is 48.9 cm³/mol. The average Bonchev–Trinajstić information content (AvgIpc) is 2.04. The minimum absolute atomic E-state index is 0.160. The molecule has 2 heteroatoms. The van der Waals surface area contributed by atoms with Gasteiger partial charge in [0.15, 0.2) is 0 Å². The first-order chi connectivity index (χ1) is 5.56. The lowest BCUT2D eigenvalue weighted by Crippen LogP contribution is -2.46. The molecule has 0 spiro atoms. The molecule has 1 fully saturated rings. The molecule has 0 heterocycles. The van der Waals surface area contributed by atoms with Crippen LogP contribution in [-0.2, 0) is 0 Å². The van der Waals surface area contributed by atoms with E-state index in [0.29, 0.717) is 0 Å². The van der Waals surface area contributed by atoms with Crippen LogP contribution < -0.4 is 0 Å². The fraction of sp³-hybridized carbons (Fsp3) is 1.00. The molecule has 72 valence electrons. The average molecular weight is 172 g/mol. The van der Waals surface area contributed by atoms with Crippen LogP contribution in [0.1, 0.15) is 46.0 Å². The van der Waals surface area contributed by atoms with Crippen molar-refractivity contribution in [3.63, 3.8) is 0 Å². The van der Waals surface area contributed by atoms with Crippen LogP contribution in [0.15, 0.2) is 0 Å². The third kappa shape index (κ3) is 1.99. The lowest BCUT2D eigenvalue weighted by molar-refractivity contribution is -0.114. The maximum absolute atomic E-state index is 10.1. The van der Waals surface area contributed by atoms with E-state index in [2.05, 4.69) is 0 Å². The molecule has 0 saturated heterocycles. The largest absolute Gasteiger partial charge is 0.390 e. The molecule has 1 atom stereocenters. The normalized spacial score (nSPS) is 25.8. The van der Waals surface area contributed by atoms with Gasteiger partial charge < -0.3 is 10.2 Å². The lowest BCUT2D eigenvalue weighted by Gasteiger charge is -2.38. The van der Waals surface area contributed by atoms with Crippen LogP contribution in [0.5, 0.6) is 0 Å². The molecule has 0 amide bonds. The van der Waals surface area contributed by atoms with Gasteiger partial charge in [-0.3, -0.25) is 0 Å². The molecule has 12 heavy (non-hydrogen) atoms. The molecule has 1 aliphatic carbocycles. The highest BCUT2D eigenvalue weighted by molar-refractivity contribution is 4.90. The van der Waals surface area contributed by atoms with Crippen LogP contribution in [0.2, 0.25) is 0 Å². The van der Waals surface area contributed by atoms with Crippen LogP contribution in [0.4, 0.5) is 0 Å². The fourth-order valence-corrected chi connectivity index (χ4v) is 2.08. The Morgan fingerprint density at radius 2 is 1.58 bits per heavy atom.